The monoisotopic (exact) mass is 367 g/mol. The van der Waals surface area contributed by atoms with Crippen molar-refractivity contribution in [1.29, 1.82) is 0 Å². The summed E-state index contributed by atoms with van der Waals surface area (Å²) in [7, 11) is 0. The molecule has 1 saturated carbocycles. The van der Waals surface area contributed by atoms with E-state index in [2.05, 4.69) is 10.6 Å². The Morgan fingerprint density at radius 1 is 1.00 bits per heavy atom. The third kappa shape index (κ3) is 5.74. The van der Waals surface area contributed by atoms with Gasteiger partial charge in [-0.05, 0) is 55.3 Å². The van der Waals surface area contributed by atoms with E-state index in [0.29, 0.717) is 23.0 Å². The highest BCUT2D eigenvalue weighted by atomic mass is 16.5. The van der Waals surface area contributed by atoms with Crippen LogP contribution in [0.1, 0.15) is 42.5 Å². The van der Waals surface area contributed by atoms with Gasteiger partial charge in [0, 0.05) is 23.0 Å². The SMILES string of the molecule is NC(=O)c1cccc(OCC(=O)Nc2ccc(NC3CCCCC3)cc2)c1. The zero-order valence-electron chi connectivity index (χ0n) is 15.2. The highest BCUT2D eigenvalue weighted by Crippen LogP contribution is 2.22. The Morgan fingerprint density at radius 3 is 2.41 bits per heavy atom. The number of carbonyl (C=O) groups excluding carboxylic acids is 2. The first kappa shape index (κ1) is 18.8. The van der Waals surface area contributed by atoms with E-state index < -0.39 is 5.91 Å². The van der Waals surface area contributed by atoms with Crippen molar-refractivity contribution in [2.24, 2.45) is 5.73 Å². The molecule has 1 fully saturated rings. The summed E-state index contributed by atoms with van der Waals surface area (Å²) in [6.07, 6.45) is 6.33. The van der Waals surface area contributed by atoms with Gasteiger partial charge in [0.2, 0.25) is 5.91 Å². The molecule has 4 N–H and O–H groups in total. The summed E-state index contributed by atoms with van der Waals surface area (Å²) in [4.78, 5) is 23.2. The lowest BCUT2D eigenvalue weighted by molar-refractivity contribution is -0.118. The van der Waals surface area contributed by atoms with Gasteiger partial charge in [-0.2, -0.15) is 0 Å². The maximum Gasteiger partial charge on any atom is 0.262 e. The molecule has 1 aliphatic rings. The minimum Gasteiger partial charge on any atom is -0.484 e. The molecule has 2 aromatic rings. The van der Waals surface area contributed by atoms with Crippen molar-refractivity contribution in [3.05, 3.63) is 54.1 Å². The number of benzene rings is 2. The Balaban J connectivity index is 1.47. The Kier molecular flexibility index (Phi) is 6.30. The zero-order chi connectivity index (χ0) is 19.1. The Morgan fingerprint density at radius 2 is 1.70 bits per heavy atom. The van der Waals surface area contributed by atoms with Gasteiger partial charge >= 0.3 is 0 Å². The third-order valence-electron chi connectivity index (χ3n) is 4.63. The molecule has 0 aliphatic heterocycles. The molecule has 0 saturated heterocycles. The number of nitrogens with two attached hydrogens (primary N) is 1. The van der Waals surface area contributed by atoms with E-state index in [1.807, 2.05) is 24.3 Å². The average Bonchev–Trinajstić information content (AvgIpc) is 2.69. The smallest absolute Gasteiger partial charge is 0.262 e. The number of amides is 2. The average molecular weight is 367 g/mol. The van der Waals surface area contributed by atoms with Crippen molar-refractivity contribution >= 4 is 23.2 Å². The minimum atomic E-state index is -0.535. The quantitative estimate of drug-likeness (QED) is 0.698. The predicted molar refractivity (Wildman–Crippen MR) is 106 cm³/mol. The van der Waals surface area contributed by atoms with Gasteiger partial charge in [-0.3, -0.25) is 9.59 Å². The second kappa shape index (κ2) is 9.07. The van der Waals surface area contributed by atoms with Crippen LogP contribution in [-0.4, -0.2) is 24.5 Å². The third-order valence-corrected chi connectivity index (χ3v) is 4.63. The van der Waals surface area contributed by atoms with Crippen molar-refractivity contribution < 1.29 is 14.3 Å². The molecule has 0 unspecified atom stereocenters. The van der Waals surface area contributed by atoms with Crippen LogP contribution in [0.5, 0.6) is 5.75 Å². The molecule has 3 rings (SSSR count). The number of ether oxygens (including phenoxy) is 1. The van der Waals surface area contributed by atoms with Crippen LogP contribution in [0, 0.1) is 0 Å². The number of rotatable bonds is 7. The van der Waals surface area contributed by atoms with Crippen molar-refractivity contribution in [1.82, 2.24) is 0 Å². The summed E-state index contributed by atoms with van der Waals surface area (Å²) in [6.45, 7) is -0.149. The Bertz CT molecular complexity index is 784. The van der Waals surface area contributed by atoms with Gasteiger partial charge in [-0.15, -0.1) is 0 Å². The van der Waals surface area contributed by atoms with E-state index >= 15 is 0 Å². The normalized spacial score (nSPS) is 14.4. The van der Waals surface area contributed by atoms with Crippen LogP contribution in [0.15, 0.2) is 48.5 Å². The van der Waals surface area contributed by atoms with Crippen LogP contribution in [-0.2, 0) is 4.79 Å². The van der Waals surface area contributed by atoms with Gasteiger partial charge in [0.25, 0.3) is 5.91 Å². The summed E-state index contributed by atoms with van der Waals surface area (Å²) >= 11 is 0. The molecule has 27 heavy (non-hydrogen) atoms. The van der Waals surface area contributed by atoms with Crippen LogP contribution in [0.3, 0.4) is 0 Å². The number of anilines is 2. The van der Waals surface area contributed by atoms with E-state index in [0.717, 1.165) is 5.69 Å². The molecule has 0 radical (unpaired) electrons. The Labute approximate surface area is 159 Å². The van der Waals surface area contributed by atoms with E-state index in [9.17, 15) is 9.59 Å². The van der Waals surface area contributed by atoms with E-state index in [4.69, 9.17) is 10.5 Å². The fraction of sp³-hybridized carbons (Fsp3) is 0.333. The topological polar surface area (TPSA) is 93.5 Å². The Hall–Kier alpha value is -3.02. The van der Waals surface area contributed by atoms with Crippen molar-refractivity contribution in [3.63, 3.8) is 0 Å². The zero-order valence-corrected chi connectivity index (χ0v) is 15.2. The molecule has 142 valence electrons. The fourth-order valence-electron chi connectivity index (χ4n) is 3.22. The molecule has 0 heterocycles. The van der Waals surface area contributed by atoms with Gasteiger partial charge in [0.15, 0.2) is 6.61 Å². The van der Waals surface area contributed by atoms with Gasteiger partial charge in [0.05, 0.1) is 0 Å². The van der Waals surface area contributed by atoms with Crippen molar-refractivity contribution in [3.8, 4) is 5.75 Å². The highest BCUT2D eigenvalue weighted by molar-refractivity contribution is 5.93. The second-order valence-corrected chi connectivity index (χ2v) is 6.79. The molecule has 2 amide bonds. The molecule has 0 atom stereocenters. The lowest BCUT2D eigenvalue weighted by atomic mass is 9.95. The van der Waals surface area contributed by atoms with Crippen molar-refractivity contribution in [2.45, 2.75) is 38.1 Å². The van der Waals surface area contributed by atoms with Crippen LogP contribution >= 0.6 is 0 Å². The van der Waals surface area contributed by atoms with E-state index in [-0.39, 0.29) is 12.5 Å². The summed E-state index contributed by atoms with van der Waals surface area (Å²) in [6, 6.07) is 14.7. The molecular weight excluding hydrogens is 342 g/mol. The van der Waals surface area contributed by atoms with Crippen LogP contribution in [0.4, 0.5) is 11.4 Å². The number of nitrogens with one attached hydrogen (secondary N) is 2. The predicted octanol–water partition coefficient (Wildman–Crippen LogP) is 3.55. The van der Waals surface area contributed by atoms with Crippen LogP contribution in [0.2, 0.25) is 0 Å². The van der Waals surface area contributed by atoms with Crippen LogP contribution < -0.4 is 21.1 Å². The number of hydrogen-bond acceptors (Lipinski definition) is 4. The lowest BCUT2D eigenvalue weighted by Crippen LogP contribution is -2.22. The van der Waals surface area contributed by atoms with Gasteiger partial charge in [-0.1, -0.05) is 25.3 Å². The first-order valence-corrected chi connectivity index (χ1v) is 9.29. The first-order chi connectivity index (χ1) is 13.1. The molecule has 0 spiro atoms. The minimum absolute atomic E-state index is 0.149. The second-order valence-electron chi connectivity index (χ2n) is 6.79. The van der Waals surface area contributed by atoms with Gasteiger partial charge in [-0.25, -0.2) is 0 Å². The maximum absolute atomic E-state index is 12.1. The molecule has 6 nitrogen and oxygen atoms in total. The molecule has 2 aromatic carbocycles. The molecule has 6 heteroatoms. The maximum atomic E-state index is 12.1. The molecular formula is C21H25N3O3. The van der Waals surface area contributed by atoms with Crippen molar-refractivity contribution in [2.75, 3.05) is 17.2 Å². The summed E-state index contributed by atoms with van der Waals surface area (Å²) < 4.78 is 5.42. The summed E-state index contributed by atoms with van der Waals surface area (Å²) in [5.41, 5.74) is 7.36. The lowest BCUT2D eigenvalue weighted by Gasteiger charge is -2.23. The molecule has 1 aliphatic carbocycles. The molecule has 0 aromatic heterocycles. The number of primary amides is 1. The van der Waals surface area contributed by atoms with Gasteiger partial charge < -0.3 is 21.1 Å². The first-order valence-electron chi connectivity index (χ1n) is 9.29. The highest BCUT2D eigenvalue weighted by Gasteiger charge is 2.13. The summed E-state index contributed by atoms with van der Waals surface area (Å²) in [5.74, 6) is -0.382. The standard InChI is InChI=1S/C21H25N3O3/c22-21(26)15-5-4-8-19(13-15)27-14-20(25)24-18-11-9-17(10-12-18)23-16-6-2-1-3-7-16/h4-5,8-13,16,23H,1-3,6-7,14H2,(H2,22,26)(H,24,25). The fourth-order valence-corrected chi connectivity index (χ4v) is 3.22. The largest absolute Gasteiger partial charge is 0.484 e. The van der Waals surface area contributed by atoms with E-state index in [1.165, 1.54) is 38.2 Å². The van der Waals surface area contributed by atoms with E-state index in [1.54, 1.807) is 18.2 Å². The molecule has 0 bridgehead atoms. The van der Waals surface area contributed by atoms with Gasteiger partial charge in [0.1, 0.15) is 5.75 Å². The number of hydrogen-bond donors (Lipinski definition) is 3. The van der Waals surface area contributed by atoms with Crippen LogP contribution in [0.25, 0.3) is 0 Å². The summed E-state index contributed by atoms with van der Waals surface area (Å²) in [5, 5.41) is 6.34. The number of carbonyl (C=O) groups is 2.